The van der Waals surface area contributed by atoms with Crippen molar-refractivity contribution in [1.82, 2.24) is 10.2 Å². The summed E-state index contributed by atoms with van der Waals surface area (Å²) < 4.78 is 0. The number of nitrogens with one attached hydrogen (secondary N) is 2. The van der Waals surface area contributed by atoms with Crippen LogP contribution in [0.15, 0.2) is 24.3 Å². The highest BCUT2D eigenvalue weighted by molar-refractivity contribution is 5.95. The van der Waals surface area contributed by atoms with Gasteiger partial charge in [0, 0.05) is 31.4 Å². The van der Waals surface area contributed by atoms with Crippen LogP contribution in [0.3, 0.4) is 0 Å². The van der Waals surface area contributed by atoms with E-state index >= 15 is 0 Å². The lowest BCUT2D eigenvalue weighted by Crippen LogP contribution is -2.34. The molecule has 1 aromatic carbocycles. The van der Waals surface area contributed by atoms with Gasteiger partial charge in [0.25, 0.3) is 5.91 Å². The molecule has 114 valence electrons. The molecule has 0 unspecified atom stereocenters. The molecule has 1 aromatic rings. The van der Waals surface area contributed by atoms with Crippen LogP contribution in [0.2, 0.25) is 0 Å². The molecule has 0 atom stereocenters. The van der Waals surface area contributed by atoms with E-state index in [-0.39, 0.29) is 11.8 Å². The zero-order valence-electron chi connectivity index (χ0n) is 12.7. The minimum absolute atomic E-state index is 0.0456. The van der Waals surface area contributed by atoms with Gasteiger partial charge in [-0.25, -0.2) is 0 Å². The van der Waals surface area contributed by atoms with Crippen LogP contribution < -0.4 is 10.6 Å². The number of carbonyl (C=O) groups is 2. The van der Waals surface area contributed by atoms with Crippen molar-refractivity contribution in [2.24, 2.45) is 0 Å². The molecule has 0 aromatic heterocycles. The van der Waals surface area contributed by atoms with Crippen LogP contribution in [0.25, 0.3) is 0 Å². The van der Waals surface area contributed by atoms with Crippen molar-refractivity contribution in [2.75, 3.05) is 26.0 Å². The summed E-state index contributed by atoms with van der Waals surface area (Å²) in [5, 5.41) is 6.11. The number of benzene rings is 1. The maximum Gasteiger partial charge on any atom is 0.253 e. The Morgan fingerprint density at radius 3 is 2.33 bits per heavy atom. The molecule has 5 heteroatoms. The van der Waals surface area contributed by atoms with Gasteiger partial charge in [-0.05, 0) is 37.1 Å². The summed E-state index contributed by atoms with van der Waals surface area (Å²) in [5.41, 5.74) is 1.32. The Morgan fingerprint density at radius 1 is 1.14 bits per heavy atom. The van der Waals surface area contributed by atoms with E-state index in [4.69, 9.17) is 0 Å². The Bertz CT molecular complexity index is 491. The van der Waals surface area contributed by atoms with Gasteiger partial charge in [0.05, 0.1) is 6.54 Å². The molecule has 0 radical (unpaired) electrons. The Morgan fingerprint density at radius 2 is 1.76 bits per heavy atom. The third-order valence-electron chi connectivity index (χ3n) is 3.73. The van der Waals surface area contributed by atoms with Crippen LogP contribution in [-0.4, -0.2) is 43.4 Å². The lowest BCUT2D eigenvalue weighted by atomic mass is 10.2. The largest absolute Gasteiger partial charge is 0.345 e. The van der Waals surface area contributed by atoms with Crippen LogP contribution in [0, 0.1) is 0 Å². The normalized spacial score (nSPS) is 15.0. The molecule has 0 spiro atoms. The van der Waals surface area contributed by atoms with E-state index in [9.17, 15) is 9.59 Å². The van der Waals surface area contributed by atoms with E-state index in [1.807, 2.05) is 0 Å². The van der Waals surface area contributed by atoms with Gasteiger partial charge in [0.2, 0.25) is 5.91 Å². The van der Waals surface area contributed by atoms with Crippen molar-refractivity contribution in [1.29, 1.82) is 0 Å². The van der Waals surface area contributed by atoms with Crippen molar-refractivity contribution in [2.45, 2.75) is 31.7 Å². The van der Waals surface area contributed by atoms with Crippen molar-refractivity contribution < 1.29 is 9.59 Å². The molecule has 1 saturated carbocycles. The van der Waals surface area contributed by atoms with Gasteiger partial charge in [0.15, 0.2) is 0 Å². The maximum absolute atomic E-state index is 11.8. The smallest absolute Gasteiger partial charge is 0.253 e. The maximum atomic E-state index is 11.8. The Balaban J connectivity index is 1.82. The highest BCUT2D eigenvalue weighted by Crippen LogP contribution is 2.17. The summed E-state index contributed by atoms with van der Waals surface area (Å²) in [6.45, 7) is 0.336. The number of hydrogen-bond acceptors (Lipinski definition) is 3. The molecular weight excluding hydrogens is 266 g/mol. The Hall–Kier alpha value is -1.88. The molecular formula is C16H23N3O2. The number of rotatable bonds is 5. The van der Waals surface area contributed by atoms with E-state index in [0.717, 1.165) is 12.8 Å². The minimum Gasteiger partial charge on any atom is -0.345 e. The van der Waals surface area contributed by atoms with E-state index < -0.39 is 0 Å². The van der Waals surface area contributed by atoms with Crippen LogP contribution in [0.5, 0.6) is 0 Å². The molecule has 0 aliphatic heterocycles. The number of anilines is 1. The van der Waals surface area contributed by atoms with Crippen LogP contribution in [0.4, 0.5) is 5.69 Å². The van der Waals surface area contributed by atoms with E-state index in [2.05, 4.69) is 10.6 Å². The van der Waals surface area contributed by atoms with E-state index in [1.54, 1.807) is 38.4 Å². The molecule has 5 nitrogen and oxygen atoms in total. The fraction of sp³-hybridized carbons (Fsp3) is 0.500. The zero-order valence-corrected chi connectivity index (χ0v) is 12.7. The molecule has 1 aliphatic rings. The van der Waals surface area contributed by atoms with Crippen molar-refractivity contribution in [3.8, 4) is 0 Å². The summed E-state index contributed by atoms with van der Waals surface area (Å²) in [4.78, 5) is 25.1. The first kappa shape index (κ1) is 15.5. The average molecular weight is 289 g/mol. The molecule has 1 fully saturated rings. The predicted molar refractivity (Wildman–Crippen MR) is 83.3 cm³/mol. The summed E-state index contributed by atoms with van der Waals surface area (Å²) in [5.74, 6) is -0.0932. The highest BCUT2D eigenvalue weighted by atomic mass is 16.2. The number of amides is 2. The molecule has 0 heterocycles. The lowest BCUT2D eigenvalue weighted by molar-refractivity contribution is -0.115. The quantitative estimate of drug-likeness (QED) is 0.870. The summed E-state index contributed by atoms with van der Waals surface area (Å²) in [6.07, 6.45) is 4.82. The number of nitrogens with zero attached hydrogens (tertiary/aromatic N) is 1. The third-order valence-corrected chi connectivity index (χ3v) is 3.73. The first-order valence-electron chi connectivity index (χ1n) is 7.41. The SMILES string of the molecule is CN(C)C(=O)c1ccc(NC(=O)CNC2CCCC2)cc1. The number of carbonyl (C=O) groups excluding carboxylic acids is 2. The molecule has 2 amide bonds. The fourth-order valence-electron chi connectivity index (χ4n) is 2.53. The van der Waals surface area contributed by atoms with Crippen molar-refractivity contribution in [3.05, 3.63) is 29.8 Å². The second-order valence-corrected chi connectivity index (χ2v) is 5.69. The lowest BCUT2D eigenvalue weighted by Gasteiger charge is -2.13. The van der Waals surface area contributed by atoms with Gasteiger partial charge in [0.1, 0.15) is 0 Å². The summed E-state index contributed by atoms with van der Waals surface area (Å²) in [7, 11) is 3.43. The summed E-state index contributed by atoms with van der Waals surface area (Å²) >= 11 is 0. The molecule has 0 bridgehead atoms. The second kappa shape index (κ2) is 7.22. The van der Waals surface area contributed by atoms with Gasteiger partial charge in [-0.1, -0.05) is 12.8 Å². The number of hydrogen-bond donors (Lipinski definition) is 2. The Labute approximate surface area is 125 Å². The van der Waals surface area contributed by atoms with Gasteiger partial charge < -0.3 is 15.5 Å². The molecule has 21 heavy (non-hydrogen) atoms. The van der Waals surface area contributed by atoms with Gasteiger partial charge in [-0.3, -0.25) is 9.59 Å². The van der Waals surface area contributed by atoms with Gasteiger partial charge in [-0.15, -0.1) is 0 Å². The molecule has 0 saturated heterocycles. The zero-order chi connectivity index (χ0) is 15.2. The molecule has 2 rings (SSSR count). The monoisotopic (exact) mass is 289 g/mol. The topological polar surface area (TPSA) is 61.4 Å². The van der Waals surface area contributed by atoms with Crippen LogP contribution in [0.1, 0.15) is 36.0 Å². The average Bonchev–Trinajstić information content (AvgIpc) is 2.98. The van der Waals surface area contributed by atoms with E-state index in [0.29, 0.717) is 23.8 Å². The Kier molecular flexibility index (Phi) is 5.33. The van der Waals surface area contributed by atoms with Crippen LogP contribution in [-0.2, 0) is 4.79 Å². The summed E-state index contributed by atoms with van der Waals surface area (Å²) in [6, 6.07) is 7.44. The predicted octanol–water partition coefficient (Wildman–Crippen LogP) is 1.86. The fourth-order valence-corrected chi connectivity index (χ4v) is 2.53. The van der Waals surface area contributed by atoms with E-state index in [1.165, 1.54) is 17.7 Å². The van der Waals surface area contributed by atoms with Crippen molar-refractivity contribution in [3.63, 3.8) is 0 Å². The third kappa shape index (κ3) is 4.56. The van der Waals surface area contributed by atoms with Crippen LogP contribution >= 0.6 is 0 Å². The van der Waals surface area contributed by atoms with Crippen molar-refractivity contribution >= 4 is 17.5 Å². The minimum atomic E-state index is -0.0476. The highest BCUT2D eigenvalue weighted by Gasteiger charge is 2.15. The molecule has 1 aliphatic carbocycles. The first-order chi connectivity index (χ1) is 10.1. The van der Waals surface area contributed by atoms with Gasteiger partial charge >= 0.3 is 0 Å². The standard InChI is InChI=1S/C16H23N3O2/c1-19(2)16(21)12-7-9-14(10-8-12)18-15(20)11-17-13-5-3-4-6-13/h7-10,13,17H,3-6,11H2,1-2H3,(H,18,20). The second-order valence-electron chi connectivity index (χ2n) is 5.69. The first-order valence-corrected chi connectivity index (χ1v) is 7.41. The molecule has 2 N–H and O–H groups in total. The van der Waals surface area contributed by atoms with Gasteiger partial charge in [-0.2, -0.15) is 0 Å².